The van der Waals surface area contributed by atoms with Crippen molar-refractivity contribution >= 4 is 27.6 Å². The molecule has 168 valence electrons. The van der Waals surface area contributed by atoms with Crippen molar-refractivity contribution in [3.8, 4) is 5.75 Å². The minimum Gasteiger partial charge on any atom is -0.496 e. The fourth-order valence-corrected chi connectivity index (χ4v) is 3.64. The molecule has 0 fully saturated rings. The quantitative estimate of drug-likeness (QED) is 0.299. The van der Waals surface area contributed by atoms with E-state index in [1.54, 1.807) is 18.2 Å². The first-order valence-corrected chi connectivity index (χ1v) is 10.2. The van der Waals surface area contributed by atoms with Gasteiger partial charge in [0.2, 0.25) is 0 Å². The molecule has 0 aliphatic carbocycles. The minimum absolute atomic E-state index is 0.0390. The Morgan fingerprint density at radius 1 is 0.969 bits per heavy atom. The predicted molar refractivity (Wildman–Crippen MR) is 119 cm³/mol. The second-order valence-corrected chi connectivity index (χ2v) is 7.48. The lowest BCUT2D eigenvalue weighted by molar-refractivity contribution is -0.137. The van der Waals surface area contributed by atoms with Crippen LogP contribution in [0.1, 0.15) is 17.7 Å². The third-order valence-electron chi connectivity index (χ3n) is 5.20. The van der Waals surface area contributed by atoms with E-state index in [1.165, 1.54) is 7.11 Å². The third kappa shape index (κ3) is 4.72. The van der Waals surface area contributed by atoms with Gasteiger partial charge in [-0.1, -0.05) is 12.1 Å². The first-order valence-electron chi connectivity index (χ1n) is 10.2. The van der Waals surface area contributed by atoms with Crippen molar-refractivity contribution in [1.82, 2.24) is 15.3 Å². The van der Waals surface area contributed by atoms with Crippen LogP contribution in [0.15, 0.2) is 53.3 Å². The normalized spacial score (nSPS) is 11.9. The lowest BCUT2D eigenvalue weighted by atomic mass is 10.1. The maximum atomic E-state index is 13.1. The maximum Gasteiger partial charge on any atom is 0.416 e. The van der Waals surface area contributed by atoms with Gasteiger partial charge in [-0.3, -0.25) is 4.79 Å². The van der Waals surface area contributed by atoms with Crippen LogP contribution in [0, 0.1) is 0 Å². The van der Waals surface area contributed by atoms with Gasteiger partial charge in [0.05, 0.1) is 18.2 Å². The van der Waals surface area contributed by atoms with Crippen molar-refractivity contribution in [2.24, 2.45) is 0 Å². The van der Waals surface area contributed by atoms with Gasteiger partial charge >= 0.3 is 6.18 Å². The highest BCUT2D eigenvalue weighted by Crippen LogP contribution is 2.36. The van der Waals surface area contributed by atoms with Crippen LogP contribution in [-0.2, 0) is 12.7 Å². The zero-order chi connectivity index (χ0) is 22.7. The molecule has 2 aromatic carbocycles. The number of benzene rings is 2. The van der Waals surface area contributed by atoms with Gasteiger partial charge in [-0.15, -0.1) is 0 Å². The van der Waals surface area contributed by atoms with Gasteiger partial charge in [-0.05, 0) is 43.3 Å². The zero-order valence-corrected chi connectivity index (χ0v) is 17.4. The standard InChI is InChI=1S/C23H23F3N4O2/c1-32-21-10-14(23(24,25)26)9-19-17(21)11-15(29-19)13-27-7-4-8-28-22-12-20(31)16-5-2-3-6-18(16)30-22/h2-3,5-6,9-12,27,29H,4,7-8,13H2,1H3,(H2,28,30,31). The van der Waals surface area contributed by atoms with Crippen LogP contribution in [0.2, 0.25) is 0 Å². The first-order chi connectivity index (χ1) is 15.3. The van der Waals surface area contributed by atoms with Crippen molar-refractivity contribution in [3.05, 3.63) is 70.0 Å². The Morgan fingerprint density at radius 3 is 2.56 bits per heavy atom. The summed E-state index contributed by atoms with van der Waals surface area (Å²) in [7, 11) is 1.36. The number of H-pyrrole nitrogens is 2. The number of hydrogen-bond donors (Lipinski definition) is 4. The second kappa shape index (κ2) is 8.96. The second-order valence-electron chi connectivity index (χ2n) is 7.48. The van der Waals surface area contributed by atoms with Crippen molar-refractivity contribution < 1.29 is 17.9 Å². The molecule has 0 spiro atoms. The molecule has 0 amide bonds. The number of aromatic amines is 2. The number of methoxy groups -OCH3 is 1. The minimum atomic E-state index is -4.44. The molecule has 4 rings (SSSR count). The van der Waals surface area contributed by atoms with Crippen LogP contribution in [0.3, 0.4) is 0 Å². The Hall–Kier alpha value is -3.46. The monoisotopic (exact) mass is 444 g/mol. The molecule has 0 saturated carbocycles. The van der Waals surface area contributed by atoms with E-state index in [-0.39, 0.29) is 11.2 Å². The Kier molecular flexibility index (Phi) is 6.09. The molecule has 0 aliphatic heterocycles. The number of anilines is 1. The summed E-state index contributed by atoms with van der Waals surface area (Å²) in [6.07, 6.45) is -3.65. The molecule has 0 unspecified atom stereocenters. The number of ether oxygens (including phenoxy) is 1. The summed E-state index contributed by atoms with van der Waals surface area (Å²) in [6.45, 7) is 1.81. The van der Waals surface area contributed by atoms with Gasteiger partial charge in [-0.25, -0.2) is 0 Å². The number of nitrogens with one attached hydrogen (secondary N) is 4. The van der Waals surface area contributed by atoms with E-state index >= 15 is 0 Å². The highest BCUT2D eigenvalue weighted by Gasteiger charge is 2.32. The van der Waals surface area contributed by atoms with E-state index in [2.05, 4.69) is 20.6 Å². The van der Waals surface area contributed by atoms with Crippen LogP contribution >= 0.6 is 0 Å². The van der Waals surface area contributed by atoms with Gasteiger partial charge in [0.1, 0.15) is 11.6 Å². The molecule has 32 heavy (non-hydrogen) atoms. The van der Waals surface area contributed by atoms with E-state index in [9.17, 15) is 18.0 Å². The smallest absolute Gasteiger partial charge is 0.416 e. The Balaban J connectivity index is 1.31. The molecule has 4 N–H and O–H groups in total. The predicted octanol–water partition coefficient (Wildman–Crippen LogP) is 4.63. The summed E-state index contributed by atoms with van der Waals surface area (Å²) < 4.78 is 44.4. The number of alkyl halides is 3. The molecule has 0 bridgehead atoms. The summed E-state index contributed by atoms with van der Waals surface area (Å²) in [5.41, 5.74) is 1.15. The lowest BCUT2D eigenvalue weighted by Gasteiger charge is -2.09. The molecular formula is C23H23F3N4O2. The fraction of sp³-hybridized carbons (Fsp3) is 0.261. The van der Waals surface area contributed by atoms with Crippen LogP contribution in [0.25, 0.3) is 21.8 Å². The topological polar surface area (TPSA) is 81.9 Å². The first kappa shape index (κ1) is 21.8. The van der Waals surface area contributed by atoms with Crippen LogP contribution in [-0.4, -0.2) is 30.2 Å². The van der Waals surface area contributed by atoms with E-state index in [0.717, 1.165) is 29.8 Å². The van der Waals surface area contributed by atoms with Crippen molar-refractivity contribution in [3.63, 3.8) is 0 Å². The van der Waals surface area contributed by atoms with E-state index in [0.29, 0.717) is 41.7 Å². The molecule has 4 aromatic rings. The molecule has 0 radical (unpaired) electrons. The fourth-order valence-electron chi connectivity index (χ4n) is 3.64. The average Bonchev–Trinajstić information content (AvgIpc) is 3.18. The average molecular weight is 444 g/mol. The number of pyridine rings is 1. The number of rotatable bonds is 8. The van der Waals surface area contributed by atoms with E-state index in [1.807, 2.05) is 18.2 Å². The van der Waals surface area contributed by atoms with Crippen LogP contribution < -0.4 is 20.8 Å². The van der Waals surface area contributed by atoms with Gasteiger partial charge < -0.3 is 25.3 Å². The van der Waals surface area contributed by atoms with Gasteiger partial charge in [0, 0.05) is 41.1 Å². The molecular weight excluding hydrogens is 421 g/mol. The van der Waals surface area contributed by atoms with Gasteiger partial charge in [0.15, 0.2) is 5.43 Å². The summed E-state index contributed by atoms with van der Waals surface area (Å²) in [5.74, 6) is 0.850. The Morgan fingerprint density at radius 2 is 1.78 bits per heavy atom. The molecule has 0 aliphatic rings. The van der Waals surface area contributed by atoms with Gasteiger partial charge in [-0.2, -0.15) is 13.2 Å². The molecule has 6 nitrogen and oxygen atoms in total. The Bertz CT molecular complexity index is 1290. The number of para-hydroxylation sites is 1. The van der Waals surface area contributed by atoms with E-state index in [4.69, 9.17) is 4.74 Å². The van der Waals surface area contributed by atoms with Crippen molar-refractivity contribution in [1.29, 1.82) is 0 Å². The third-order valence-corrected chi connectivity index (χ3v) is 5.20. The molecule has 2 heterocycles. The highest BCUT2D eigenvalue weighted by atomic mass is 19.4. The SMILES string of the molecule is COc1cc(C(F)(F)F)cc2[nH]c(CNCCCNc3cc(=O)c4ccccc4[nH]3)cc12. The van der Waals surface area contributed by atoms with Gasteiger partial charge in [0.25, 0.3) is 0 Å². The molecule has 0 saturated heterocycles. The zero-order valence-electron chi connectivity index (χ0n) is 17.4. The van der Waals surface area contributed by atoms with Crippen molar-refractivity contribution in [2.45, 2.75) is 19.1 Å². The summed E-state index contributed by atoms with van der Waals surface area (Å²) in [5, 5.41) is 7.73. The largest absolute Gasteiger partial charge is 0.496 e. The molecule has 9 heteroatoms. The van der Waals surface area contributed by atoms with Crippen molar-refractivity contribution in [2.75, 3.05) is 25.5 Å². The number of aromatic nitrogens is 2. The molecule has 0 atom stereocenters. The summed E-state index contributed by atoms with van der Waals surface area (Å²) >= 11 is 0. The number of fused-ring (bicyclic) bond motifs is 2. The molecule has 2 aromatic heterocycles. The van der Waals surface area contributed by atoms with Crippen LogP contribution in [0.5, 0.6) is 5.75 Å². The van der Waals surface area contributed by atoms with Crippen LogP contribution in [0.4, 0.5) is 19.0 Å². The lowest BCUT2D eigenvalue weighted by Crippen LogP contribution is -2.18. The highest BCUT2D eigenvalue weighted by molar-refractivity contribution is 5.87. The Labute approximate surface area is 181 Å². The summed E-state index contributed by atoms with van der Waals surface area (Å²) in [6, 6.07) is 12.8. The maximum absolute atomic E-state index is 13.1. The number of halogens is 3. The van der Waals surface area contributed by atoms with E-state index < -0.39 is 11.7 Å². The number of hydrogen-bond acceptors (Lipinski definition) is 4. The summed E-state index contributed by atoms with van der Waals surface area (Å²) in [4.78, 5) is 18.4.